The van der Waals surface area contributed by atoms with Crippen LogP contribution in [0.4, 0.5) is 13.2 Å². The van der Waals surface area contributed by atoms with Gasteiger partial charge in [-0.2, -0.15) is 18.3 Å². The van der Waals surface area contributed by atoms with E-state index in [4.69, 9.17) is 0 Å². The lowest BCUT2D eigenvalue weighted by Crippen LogP contribution is -2.42. The third-order valence-corrected chi connectivity index (χ3v) is 4.72. The first-order valence-corrected chi connectivity index (χ1v) is 8.07. The molecule has 0 bridgehead atoms. The number of hydrogen-bond acceptors (Lipinski definition) is 3. The summed E-state index contributed by atoms with van der Waals surface area (Å²) >= 11 is 0. The van der Waals surface area contributed by atoms with Crippen molar-refractivity contribution in [3.63, 3.8) is 0 Å². The maximum absolute atomic E-state index is 12.7. The molecule has 136 valence electrons. The first-order chi connectivity index (χ1) is 10.9. The summed E-state index contributed by atoms with van der Waals surface area (Å²) in [6, 6.07) is 1.90. The highest BCUT2D eigenvalue weighted by molar-refractivity contribution is 5.92. The molecule has 24 heavy (non-hydrogen) atoms. The molecule has 2 saturated heterocycles. The highest BCUT2D eigenvalue weighted by Crippen LogP contribution is 2.34. The number of nitrogens with one attached hydrogen (secondary N) is 1. The van der Waals surface area contributed by atoms with E-state index < -0.39 is 12.1 Å². The van der Waals surface area contributed by atoms with Gasteiger partial charge in [0, 0.05) is 25.8 Å². The van der Waals surface area contributed by atoms with Crippen LogP contribution in [0.3, 0.4) is 0 Å². The van der Waals surface area contributed by atoms with Crippen LogP contribution < -0.4 is 5.32 Å². The quantitative estimate of drug-likeness (QED) is 0.875. The SMILES string of the molecule is Cl.O=C(c1ccn(C2CCCNC2)n1)N1CCC(C(F)(F)F)CC1. The number of rotatable bonds is 2. The van der Waals surface area contributed by atoms with Crippen molar-refractivity contribution in [1.82, 2.24) is 20.0 Å². The smallest absolute Gasteiger partial charge is 0.337 e. The third-order valence-electron chi connectivity index (χ3n) is 4.72. The van der Waals surface area contributed by atoms with Crippen LogP contribution in [0.1, 0.15) is 42.2 Å². The summed E-state index contributed by atoms with van der Waals surface area (Å²) in [5.41, 5.74) is 0.320. The molecule has 1 atom stereocenters. The molecule has 1 aromatic rings. The van der Waals surface area contributed by atoms with Crippen LogP contribution in [0.15, 0.2) is 12.3 Å². The Balaban J connectivity index is 0.00000208. The van der Waals surface area contributed by atoms with Gasteiger partial charge in [0.2, 0.25) is 0 Å². The number of nitrogens with zero attached hydrogens (tertiary/aromatic N) is 3. The predicted octanol–water partition coefficient (Wildman–Crippen LogP) is 2.64. The molecule has 1 N–H and O–H groups in total. The van der Waals surface area contributed by atoms with Crippen LogP contribution in [0.25, 0.3) is 0 Å². The van der Waals surface area contributed by atoms with Crippen molar-refractivity contribution in [1.29, 1.82) is 0 Å². The number of hydrogen-bond donors (Lipinski definition) is 1. The summed E-state index contributed by atoms with van der Waals surface area (Å²) in [4.78, 5) is 13.9. The van der Waals surface area contributed by atoms with Crippen LogP contribution in [0, 0.1) is 5.92 Å². The molecule has 0 spiro atoms. The van der Waals surface area contributed by atoms with Crippen LogP contribution in [-0.4, -0.2) is 52.9 Å². The van der Waals surface area contributed by atoms with Gasteiger partial charge in [-0.05, 0) is 38.3 Å². The average Bonchev–Trinajstić information content (AvgIpc) is 3.04. The van der Waals surface area contributed by atoms with E-state index in [0.29, 0.717) is 5.69 Å². The summed E-state index contributed by atoms with van der Waals surface area (Å²) in [7, 11) is 0. The van der Waals surface area contributed by atoms with Gasteiger partial charge >= 0.3 is 6.18 Å². The van der Waals surface area contributed by atoms with E-state index in [1.807, 2.05) is 0 Å². The fourth-order valence-electron chi connectivity index (χ4n) is 3.29. The Kier molecular flexibility index (Phi) is 6.14. The molecule has 2 aliphatic heterocycles. The van der Waals surface area contributed by atoms with Crippen molar-refractivity contribution in [2.45, 2.75) is 37.9 Å². The summed E-state index contributed by atoms with van der Waals surface area (Å²) in [6.45, 7) is 2.10. The molecule has 0 aliphatic carbocycles. The van der Waals surface area contributed by atoms with Crippen molar-refractivity contribution in [2.24, 2.45) is 5.92 Å². The Morgan fingerprint density at radius 2 is 1.96 bits per heavy atom. The minimum absolute atomic E-state index is 0. The Hall–Kier alpha value is -1.28. The van der Waals surface area contributed by atoms with Gasteiger partial charge in [0.25, 0.3) is 5.91 Å². The summed E-state index contributed by atoms with van der Waals surface area (Å²) in [6.07, 6.45) is -0.346. The van der Waals surface area contributed by atoms with Gasteiger partial charge in [0.15, 0.2) is 0 Å². The molecule has 1 unspecified atom stereocenters. The Morgan fingerprint density at radius 1 is 1.25 bits per heavy atom. The topological polar surface area (TPSA) is 50.2 Å². The second-order valence-electron chi connectivity index (χ2n) is 6.29. The maximum Gasteiger partial charge on any atom is 0.391 e. The fourth-order valence-corrected chi connectivity index (χ4v) is 3.29. The maximum atomic E-state index is 12.7. The molecule has 2 aliphatic rings. The van der Waals surface area contributed by atoms with Crippen molar-refractivity contribution in [2.75, 3.05) is 26.2 Å². The molecule has 3 rings (SSSR count). The zero-order valence-electron chi connectivity index (χ0n) is 13.3. The number of piperidine rings is 2. The molecule has 0 radical (unpaired) electrons. The monoisotopic (exact) mass is 366 g/mol. The van der Waals surface area contributed by atoms with Gasteiger partial charge < -0.3 is 10.2 Å². The lowest BCUT2D eigenvalue weighted by Gasteiger charge is -2.32. The van der Waals surface area contributed by atoms with E-state index in [0.717, 1.165) is 25.9 Å². The second kappa shape index (κ2) is 7.74. The third kappa shape index (κ3) is 4.22. The van der Waals surface area contributed by atoms with Gasteiger partial charge in [0.05, 0.1) is 12.0 Å². The Morgan fingerprint density at radius 3 is 2.54 bits per heavy atom. The fraction of sp³-hybridized carbons (Fsp3) is 0.733. The molecule has 1 amide bonds. The van der Waals surface area contributed by atoms with Crippen molar-refractivity contribution >= 4 is 18.3 Å². The molecule has 2 fully saturated rings. The Labute approximate surface area is 145 Å². The first-order valence-electron chi connectivity index (χ1n) is 8.07. The van der Waals surface area contributed by atoms with E-state index in [-0.39, 0.29) is 50.3 Å². The molecule has 0 saturated carbocycles. The van der Waals surface area contributed by atoms with Crippen molar-refractivity contribution in [3.8, 4) is 0 Å². The van der Waals surface area contributed by atoms with Crippen molar-refractivity contribution < 1.29 is 18.0 Å². The van der Waals surface area contributed by atoms with Gasteiger partial charge in [0.1, 0.15) is 5.69 Å². The zero-order chi connectivity index (χ0) is 16.4. The lowest BCUT2D eigenvalue weighted by molar-refractivity contribution is -0.183. The number of alkyl halides is 3. The summed E-state index contributed by atoms with van der Waals surface area (Å²) < 4.78 is 39.8. The lowest BCUT2D eigenvalue weighted by atomic mass is 9.96. The minimum Gasteiger partial charge on any atom is -0.337 e. The number of amides is 1. The average molecular weight is 367 g/mol. The Bertz CT molecular complexity index is 549. The normalized spacial score (nSPS) is 23.0. The summed E-state index contributed by atoms with van der Waals surface area (Å²) in [5, 5.41) is 7.63. The predicted molar refractivity (Wildman–Crippen MR) is 85.3 cm³/mol. The first kappa shape index (κ1) is 19.1. The number of aromatic nitrogens is 2. The highest BCUT2D eigenvalue weighted by Gasteiger charge is 2.41. The van der Waals surface area contributed by atoms with E-state index in [9.17, 15) is 18.0 Å². The highest BCUT2D eigenvalue weighted by atomic mass is 35.5. The van der Waals surface area contributed by atoms with Crippen LogP contribution >= 0.6 is 12.4 Å². The largest absolute Gasteiger partial charge is 0.391 e. The van der Waals surface area contributed by atoms with Gasteiger partial charge in [-0.3, -0.25) is 9.48 Å². The van der Waals surface area contributed by atoms with Gasteiger partial charge in [-0.1, -0.05) is 0 Å². The molecule has 1 aromatic heterocycles. The summed E-state index contributed by atoms with van der Waals surface area (Å²) in [5.74, 6) is -1.56. The van der Waals surface area contributed by atoms with Crippen LogP contribution in [0.5, 0.6) is 0 Å². The van der Waals surface area contributed by atoms with Crippen LogP contribution in [0.2, 0.25) is 0 Å². The number of carbonyl (C=O) groups excluding carboxylic acids is 1. The molecule has 3 heterocycles. The molecule has 0 aromatic carbocycles. The van der Waals surface area contributed by atoms with Crippen molar-refractivity contribution in [3.05, 3.63) is 18.0 Å². The van der Waals surface area contributed by atoms with E-state index >= 15 is 0 Å². The van der Waals surface area contributed by atoms with Crippen LogP contribution in [-0.2, 0) is 0 Å². The number of likely N-dealkylation sites (tertiary alicyclic amines) is 1. The molecular formula is C15H22ClF3N4O. The minimum atomic E-state index is -4.16. The molecular weight excluding hydrogens is 345 g/mol. The standard InChI is InChI=1S/C15H21F3N4O.ClH/c16-15(17,18)11-3-7-21(8-4-11)14(23)13-5-9-22(20-13)12-2-1-6-19-10-12;/h5,9,11-12,19H,1-4,6-8,10H2;1H. The number of carbonyl (C=O) groups is 1. The molecule has 9 heteroatoms. The van der Waals surface area contributed by atoms with E-state index in [1.54, 1.807) is 16.9 Å². The van der Waals surface area contributed by atoms with E-state index in [1.165, 1.54) is 4.90 Å². The molecule has 5 nitrogen and oxygen atoms in total. The van der Waals surface area contributed by atoms with Gasteiger partial charge in [-0.15, -0.1) is 12.4 Å². The second-order valence-corrected chi connectivity index (χ2v) is 6.29. The number of halogens is 4. The zero-order valence-corrected chi connectivity index (χ0v) is 14.1. The van der Waals surface area contributed by atoms with E-state index in [2.05, 4.69) is 10.4 Å². The van der Waals surface area contributed by atoms with Gasteiger partial charge in [-0.25, -0.2) is 0 Å².